The Morgan fingerprint density at radius 1 is 1.28 bits per heavy atom. The highest BCUT2D eigenvalue weighted by molar-refractivity contribution is 6.21. The molecule has 0 saturated heterocycles. The first-order valence-corrected chi connectivity index (χ1v) is 10.1. The van der Waals surface area contributed by atoms with Gasteiger partial charge in [0.1, 0.15) is 17.2 Å². The predicted octanol–water partition coefficient (Wildman–Crippen LogP) is 5.28. The van der Waals surface area contributed by atoms with Gasteiger partial charge in [0, 0.05) is 34.5 Å². The second kappa shape index (κ2) is 8.23. The number of amides is 1. The maximum Gasteiger partial charge on any atom is 0.487 e. The highest BCUT2D eigenvalue weighted by Gasteiger charge is 2.27. The molecule has 1 aromatic heterocycles. The second-order valence-corrected chi connectivity index (χ2v) is 7.88. The second-order valence-electron chi connectivity index (χ2n) is 7.44. The number of fused-ring (bicyclic) bond motifs is 1. The number of allylic oxidation sites excluding steroid dienone is 1. The summed E-state index contributed by atoms with van der Waals surface area (Å²) in [6, 6.07) is 8.76. The van der Waals surface area contributed by atoms with Crippen molar-refractivity contribution in [2.75, 3.05) is 11.9 Å². The van der Waals surface area contributed by atoms with Crippen LogP contribution in [0.15, 0.2) is 59.6 Å². The number of halogens is 3. The zero-order valence-corrected chi connectivity index (χ0v) is 17.9. The van der Waals surface area contributed by atoms with Crippen molar-refractivity contribution in [1.82, 2.24) is 9.55 Å². The first-order valence-electron chi connectivity index (χ1n) is 9.74. The third-order valence-corrected chi connectivity index (χ3v) is 4.94. The van der Waals surface area contributed by atoms with Gasteiger partial charge in [0.25, 0.3) is 5.91 Å². The molecule has 166 valence electrons. The Labute approximate surface area is 187 Å². The fourth-order valence-corrected chi connectivity index (χ4v) is 3.53. The molecule has 2 N–H and O–H groups in total. The number of hydrogen-bond acceptors (Lipinski definition) is 5. The van der Waals surface area contributed by atoms with Gasteiger partial charge in [-0.2, -0.15) is 0 Å². The van der Waals surface area contributed by atoms with E-state index in [4.69, 9.17) is 11.6 Å². The normalized spacial score (nSPS) is 13.9. The van der Waals surface area contributed by atoms with Crippen molar-refractivity contribution >= 4 is 39.9 Å². The maximum atomic E-state index is 12.9. The van der Waals surface area contributed by atoms with Crippen molar-refractivity contribution in [3.8, 4) is 5.75 Å². The van der Waals surface area contributed by atoms with Crippen LogP contribution in [0.3, 0.4) is 0 Å². The Hall–Kier alpha value is -3.46. The molecule has 1 aliphatic rings. The lowest BCUT2D eigenvalue weighted by Crippen LogP contribution is -2.16. The number of hydrogen-bond donors (Lipinski definition) is 2. The van der Waals surface area contributed by atoms with E-state index in [0.717, 1.165) is 5.52 Å². The van der Waals surface area contributed by atoms with Crippen molar-refractivity contribution in [3.05, 3.63) is 65.7 Å². The summed E-state index contributed by atoms with van der Waals surface area (Å²) in [6.07, 6.45) is 3.28. The van der Waals surface area contributed by atoms with Crippen molar-refractivity contribution in [2.45, 2.75) is 25.5 Å². The van der Waals surface area contributed by atoms with Gasteiger partial charge in [-0.15, -0.1) is 8.78 Å². The number of aliphatic hydroxyl groups is 1. The molecule has 3 aromatic rings. The number of benzene rings is 2. The van der Waals surface area contributed by atoms with Crippen molar-refractivity contribution < 1.29 is 23.4 Å². The van der Waals surface area contributed by atoms with Crippen LogP contribution in [-0.2, 0) is 0 Å². The minimum Gasteiger partial charge on any atom is -0.506 e. The first-order chi connectivity index (χ1) is 15.1. The van der Waals surface area contributed by atoms with E-state index in [-0.39, 0.29) is 17.6 Å². The highest BCUT2D eigenvalue weighted by atomic mass is 35.5. The lowest BCUT2D eigenvalue weighted by atomic mass is 10.0. The van der Waals surface area contributed by atoms with E-state index >= 15 is 0 Å². The fourth-order valence-electron chi connectivity index (χ4n) is 3.44. The summed E-state index contributed by atoms with van der Waals surface area (Å²) >= 11 is 4.76. The lowest BCUT2D eigenvalue weighted by molar-refractivity contribution is -0.0964. The van der Waals surface area contributed by atoms with Gasteiger partial charge in [0.15, 0.2) is 0 Å². The largest absolute Gasteiger partial charge is 0.506 e. The molecule has 0 radical (unpaired) electrons. The number of aliphatic imine (C=N–C) groups is 1. The zero-order chi connectivity index (χ0) is 23.0. The number of alkyl halides is 3. The van der Waals surface area contributed by atoms with Gasteiger partial charge in [-0.05, 0) is 56.3 Å². The molecule has 0 fully saturated rings. The molecule has 32 heavy (non-hydrogen) atoms. The summed E-state index contributed by atoms with van der Waals surface area (Å²) in [5, 5.41) is 13.0. The average Bonchev–Trinajstić information content (AvgIpc) is 3.33. The number of rotatable bonds is 6. The van der Waals surface area contributed by atoms with E-state index in [0.29, 0.717) is 34.6 Å². The number of carbonyl (C=O) groups excluding carboxylic acids is 1. The predicted molar refractivity (Wildman–Crippen MR) is 118 cm³/mol. The van der Waals surface area contributed by atoms with Gasteiger partial charge < -0.3 is 19.7 Å². The molecule has 1 aliphatic heterocycles. The molecule has 1 amide bonds. The molecule has 2 heterocycles. The van der Waals surface area contributed by atoms with Crippen LogP contribution in [0.4, 0.5) is 14.5 Å². The summed E-state index contributed by atoms with van der Waals surface area (Å²) in [4.78, 5) is 21.7. The molecular weight excluding hydrogens is 442 g/mol. The SMILES string of the molecule is CC(C)n1cnc2cc(C(=O)Nc3ccc(OC(F)(F)Cl)cc3)cc(C3=NCC=C3O)c21. The first kappa shape index (κ1) is 21.8. The molecule has 10 heteroatoms. The van der Waals surface area contributed by atoms with Crippen LogP contribution in [0.25, 0.3) is 11.0 Å². The quantitative estimate of drug-likeness (QED) is 0.490. The van der Waals surface area contributed by atoms with E-state index in [1.165, 1.54) is 24.3 Å². The molecule has 7 nitrogen and oxygen atoms in total. The number of nitrogens with zero attached hydrogens (tertiary/aromatic N) is 3. The molecule has 0 atom stereocenters. The molecular formula is C22H19ClF2N4O3. The summed E-state index contributed by atoms with van der Waals surface area (Å²) in [7, 11) is 0. The van der Waals surface area contributed by atoms with Crippen LogP contribution in [0.1, 0.15) is 35.8 Å². The number of aromatic nitrogens is 2. The molecule has 0 bridgehead atoms. The van der Waals surface area contributed by atoms with Gasteiger partial charge in [0.2, 0.25) is 0 Å². The van der Waals surface area contributed by atoms with Crippen LogP contribution < -0.4 is 10.1 Å². The molecule has 0 unspecified atom stereocenters. The number of carbonyl (C=O) groups is 1. The monoisotopic (exact) mass is 460 g/mol. The minimum atomic E-state index is -3.82. The Balaban J connectivity index is 1.67. The van der Waals surface area contributed by atoms with Crippen molar-refractivity contribution in [1.29, 1.82) is 0 Å². The van der Waals surface area contributed by atoms with Crippen LogP contribution >= 0.6 is 11.6 Å². The standard InChI is InChI=1S/C22H19ClF2N4O3/c1-12(2)29-11-27-17-10-13(9-16(20(17)29)19-18(30)7-8-26-19)21(31)28-14-3-5-15(6-4-14)32-22(23,24)25/h3-7,9-12,30H,8H2,1-2H3,(H,28,31). The van der Waals surface area contributed by atoms with Crippen LogP contribution in [0, 0.1) is 0 Å². The summed E-state index contributed by atoms with van der Waals surface area (Å²) in [5.41, 5.74) is -0.808. The van der Waals surface area contributed by atoms with Crippen LogP contribution in [-0.4, -0.2) is 38.4 Å². The summed E-state index contributed by atoms with van der Waals surface area (Å²) in [5.74, 6) is -0.537. The highest BCUT2D eigenvalue weighted by Crippen LogP contribution is 2.29. The van der Waals surface area contributed by atoms with Gasteiger partial charge in [-0.25, -0.2) is 4.98 Å². The number of anilines is 1. The fraction of sp³-hybridized carbons (Fsp3) is 0.227. The Morgan fingerprint density at radius 3 is 2.59 bits per heavy atom. The molecule has 2 aromatic carbocycles. The molecule has 0 spiro atoms. The number of imidazole rings is 1. The van der Waals surface area contributed by atoms with Gasteiger partial charge in [0.05, 0.1) is 23.9 Å². The Morgan fingerprint density at radius 2 is 2.00 bits per heavy atom. The van der Waals surface area contributed by atoms with E-state index in [1.807, 2.05) is 18.4 Å². The average molecular weight is 461 g/mol. The smallest absolute Gasteiger partial charge is 0.487 e. The van der Waals surface area contributed by atoms with E-state index in [9.17, 15) is 18.7 Å². The minimum absolute atomic E-state index is 0.0482. The van der Waals surface area contributed by atoms with E-state index in [2.05, 4.69) is 20.0 Å². The number of ether oxygens (including phenoxy) is 1. The summed E-state index contributed by atoms with van der Waals surface area (Å²) in [6.45, 7) is 4.36. The zero-order valence-electron chi connectivity index (χ0n) is 17.1. The van der Waals surface area contributed by atoms with Crippen molar-refractivity contribution in [3.63, 3.8) is 0 Å². The van der Waals surface area contributed by atoms with Gasteiger partial charge in [-0.3, -0.25) is 9.79 Å². The molecule has 4 rings (SSSR count). The third-order valence-electron chi connectivity index (χ3n) is 4.87. The van der Waals surface area contributed by atoms with Crippen molar-refractivity contribution in [2.24, 2.45) is 4.99 Å². The van der Waals surface area contributed by atoms with Crippen LogP contribution in [0.2, 0.25) is 0 Å². The Bertz CT molecular complexity index is 1240. The number of nitrogens with one attached hydrogen (secondary N) is 1. The van der Waals surface area contributed by atoms with Gasteiger partial charge >= 0.3 is 5.57 Å². The third kappa shape index (κ3) is 4.43. The maximum absolute atomic E-state index is 12.9. The van der Waals surface area contributed by atoms with E-state index < -0.39 is 11.5 Å². The van der Waals surface area contributed by atoms with Crippen LogP contribution in [0.5, 0.6) is 5.75 Å². The van der Waals surface area contributed by atoms with E-state index in [1.54, 1.807) is 24.5 Å². The van der Waals surface area contributed by atoms with Gasteiger partial charge in [-0.1, -0.05) is 0 Å². The molecule has 0 saturated carbocycles. The topological polar surface area (TPSA) is 88.7 Å². The molecule has 0 aliphatic carbocycles. The number of aliphatic hydroxyl groups excluding tert-OH is 1. The summed E-state index contributed by atoms with van der Waals surface area (Å²) < 4.78 is 31.7. The lowest BCUT2D eigenvalue weighted by Gasteiger charge is -2.14. The Kier molecular flexibility index (Phi) is 5.60.